The lowest BCUT2D eigenvalue weighted by Crippen LogP contribution is -2.20. The number of nitrogens with zero attached hydrogens (tertiary/aromatic N) is 1. The number of thiocarbonyl (C=S) groups is 1. The van der Waals surface area contributed by atoms with Crippen LogP contribution in [0.3, 0.4) is 0 Å². The predicted molar refractivity (Wildman–Crippen MR) is 84.6 cm³/mol. The number of anilines is 2. The highest BCUT2D eigenvalue weighted by molar-refractivity contribution is 7.80. The minimum atomic E-state index is 0.555. The SMILES string of the molecule is CCc1ccccc1NC(=S)Nc1cc(C)ccn1. The number of nitrogens with one attached hydrogen (secondary N) is 2. The second kappa shape index (κ2) is 6.29. The van der Waals surface area contributed by atoms with E-state index in [0.717, 1.165) is 23.5 Å². The number of rotatable bonds is 3. The molecule has 0 saturated carbocycles. The Morgan fingerprint density at radius 1 is 1.21 bits per heavy atom. The van der Waals surface area contributed by atoms with E-state index in [1.165, 1.54) is 5.56 Å². The van der Waals surface area contributed by atoms with Crippen molar-refractivity contribution in [2.75, 3.05) is 10.6 Å². The van der Waals surface area contributed by atoms with Gasteiger partial charge in [0.2, 0.25) is 0 Å². The highest BCUT2D eigenvalue weighted by Gasteiger charge is 2.03. The number of para-hydroxylation sites is 1. The van der Waals surface area contributed by atoms with E-state index in [0.29, 0.717) is 5.11 Å². The van der Waals surface area contributed by atoms with E-state index in [1.54, 1.807) is 6.20 Å². The van der Waals surface area contributed by atoms with Crippen LogP contribution in [0.2, 0.25) is 0 Å². The Hall–Kier alpha value is -1.94. The highest BCUT2D eigenvalue weighted by Crippen LogP contribution is 2.16. The van der Waals surface area contributed by atoms with Gasteiger partial charge in [-0.25, -0.2) is 4.98 Å². The molecule has 0 atom stereocenters. The van der Waals surface area contributed by atoms with Crippen LogP contribution in [-0.2, 0) is 6.42 Å². The molecule has 3 nitrogen and oxygen atoms in total. The summed E-state index contributed by atoms with van der Waals surface area (Å²) < 4.78 is 0. The zero-order chi connectivity index (χ0) is 13.7. The lowest BCUT2D eigenvalue weighted by Gasteiger charge is -2.13. The summed E-state index contributed by atoms with van der Waals surface area (Å²) in [6, 6.07) is 12.1. The molecular weight excluding hydrogens is 254 g/mol. The van der Waals surface area contributed by atoms with Gasteiger partial charge in [-0.3, -0.25) is 0 Å². The Morgan fingerprint density at radius 2 is 2.00 bits per heavy atom. The van der Waals surface area contributed by atoms with E-state index in [9.17, 15) is 0 Å². The summed E-state index contributed by atoms with van der Waals surface area (Å²) in [5.41, 5.74) is 3.42. The van der Waals surface area contributed by atoms with E-state index >= 15 is 0 Å². The molecule has 2 aromatic rings. The Balaban J connectivity index is 2.05. The summed E-state index contributed by atoms with van der Waals surface area (Å²) in [6.07, 6.45) is 2.73. The fourth-order valence-electron chi connectivity index (χ4n) is 1.82. The van der Waals surface area contributed by atoms with Crippen molar-refractivity contribution in [2.24, 2.45) is 0 Å². The van der Waals surface area contributed by atoms with E-state index in [4.69, 9.17) is 12.2 Å². The fourth-order valence-corrected chi connectivity index (χ4v) is 2.04. The molecule has 0 spiro atoms. The van der Waals surface area contributed by atoms with Crippen LogP contribution in [0.1, 0.15) is 18.1 Å². The molecular formula is C15H17N3S. The van der Waals surface area contributed by atoms with Gasteiger partial charge in [-0.2, -0.15) is 0 Å². The molecule has 0 aliphatic heterocycles. The Morgan fingerprint density at radius 3 is 2.74 bits per heavy atom. The average Bonchev–Trinajstić information content (AvgIpc) is 2.39. The van der Waals surface area contributed by atoms with Gasteiger partial charge in [0, 0.05) is 11.9 Å². The van der Waals surface area contributed by atoms with Crippen LogP contribution in [0.5, 0.6) is 0 Å². The van der Waals surface area contributed by atoms with Gasteiger partial charge in [-0.05, 0) is 54.9 Å². The van der Waals surface area contributed by atoms with Crippen LogP contribution in [0.4, 0.5) is 11.5 Å². The van der Waals surface area contributed by atoms with Crippen molar-refractivity contribution < 1.29 is 0 Å². The standard InChI is InChI=1S/C15H17N3S/c1-3-12-6-4-5-7-13(12)17-15(19)18-14-10-11(2)8-9-16-14/h4-10H,3H2,1-2H3,(H2,16,17,18,19). The third-order valence-corrected chi connectivity index (χ3v) is 3.01. The molecule has 2 N–H and O–H groups in total. The third kappa shape index (κ3) is 3.76. The number of pyridine rings is 1. The number of benzene rings is 1. The summed E-state index contributed by atoms with van der Waals surface area (Å²) in [5.74, 6) is 0.756. The second-order valence-electron chi connectivity index (χ2n) is 4.31. The zero-order valence-electron chi connectivity index (χ0n) is 11.1. The third-order valence-electron chi connectivity index (χ3n) is 2.80. The zero-order valence-corrected chi connectivity index (χ0v) is 11.9. The fraction of sp³-hybridized carbons (Fsp3) is 0.200. The van der Waals surface area contributed by atoms with Gasteiger partial charge in [-0.15, -0.1) is 0 Å². The maximum atomic E-state index is 5.31. The van der Waals surface area contributed by atoms with Crippen LogP contribution in [0.25, 0.3) is 0 Å². The maximum absolute atomic E-state index is 5.31. The largest absolute Gasteiger partial charge is 0.332 e. The quantitative estimate of drug-likeness (QED) is 0.833. The monoisotopic (exact) mass is 271 g/mol. The number of aromatic nitrogens is 1. The van der Waals surface area contributed by atoms with Crippen molar-refractivity contribution in [3.8, 4) is 0 Å². The van der Waals surface area contributed by atoms with Crippen LogP contribution < -0.4 is 10.6 Å². The smallest absolute Gasteiger partial charge is 0.176 e. The van der Waals surface area contributed by atoms with Crippen molar-refractivity contribution >= 4 is 28.8 Å². The highest BCUT2D eigenvalue weighted by atomic mass is 32.1. The number of hydrogen-bond acceptors (Lipinski definition) is 2. The van der Waals surface area contributed by atoms with Gasteiger partial charge in [-0.1, -0.05) is 25.1 Å². The first-order valence-corrected chi connectivity index (χ1v) is 6.68. The predicted octanol–water partition coefficient (Wildman–Crippen LogP) is 3.76. The minimum absolute atomic E-state index is 0.555. The van der Waals surface area contributed by atoms with E-state index < -0.39 is 0 Å². The van der Waals surface area contributed by atoms with Crippen LogP contribution in [-0.4, -0.2) is 10.1 Å². The molecule has 0 aliphatic rings. The Kier molecular flexibility index (Phi) is 4.47. The first-order chi connectivity index (χ1) is 9.19. The van der Waals surface area contributed by atoms with Gasteiger partial charge in [0.15, 0.2) is 5.11 Å². The number of aryl methyl sites for hydroxylation is 2. The topological polar surface area (TPSA) is 37.0 Å². The lowest BCUT2D eigenvalue weighted by molar-refractivity contribution is 1.14. The van der Waals surface area contributed by atoms with Gasteiger partial charge >= 0.3 is 0 Å². The summed E-state index contributed by atoms with van der Waals surface area (Å²) in [5, 5.41) is 6.86. The molecule has 0 aliphatic carbocycles. The Bertz CT molecular complexity index is 581. The molecule has 98 valence electrons. The molecule has 1 aromatic heterocycles. The van der Waals surface area contributed by atoms with E-state index in [1.807, 2.05) is 37.3 Å². The molecule has 1 aromatic carbocycles. The second-order valence-corrected chi connectivity index (χ2v) is 4.72. The molecule has 0 saturated heterocycles. The van der Waals surface area contributed by atoms with Crippen LogP contribution in [0.15, 0.2) is 42.6 Å². The summed E-state index contributed by atoms with van der Waals surface area (Å²) in [6.45, 7) is 4.15. The molecule has 0 unspecified atom stereocenters. The van der Waals surface area contributed by atoms with Crippen molar-refractivity contribution in [1.82, 2.24) is 4.98 Å². The maximum Gasteiger partial charge on any atom is 0.176 e. The summed E-state index contributed by atoms with van der Waals surface area (Å²) in [7, 11) is 0. The first-order valence-electron chi connectivity index (χ1n) is 6.27. The van der Waals surface area contributed by atoms with Gasteiger partial charge in [0.25, 0.3) is 0 Å². The molecule has 0 fully saturated rings. The van der Waals surface area contributed by atoms with Crippen molar-refractivity contribution in [3.63, 3.8) is 0 Å². The molecule has 0 amide bonds. The van der Waals surface area contributed by atoms with Gasteiger partial charge in [0.1, 0.15) is 5.82 Å². The minimum Gasteiger partial charge on any atom is -0.332 e. The van der Waals surface area contributed by atoms with Gasteiger partial charge < -0.3 is 10.6 Å². The van der Waals surface area contributed by atoms with E-state index in [-0.39, 0.29) is 0 Å². The normalized spacial score (nSPS) is 10.0. The first kappa shape index (κ1) is 13.5. The molecule has 4 heteroatoms. The molecule has 0 radical (unpaired) electrons. The van der Waals surface area contributed by atoms with Gasteiger partial charge in [0.05, 0.1) is 0 Å². The molecule has 19 heavy (non-hydrogen) atoms. The molecule has 0 bridgehead atoms. The number of hydrogen-bond donors (Lipinski definition) is 2. The van der Waals surface area contributed by atoms with Crippen molar-refractivity contribution in [2.45, 2.75) is 20.3 Å². The summed E-state index contributed by atoms with van der Waals surface area (Å²) in [4.78, 5) is 4.23. The van der Waals surface area contributed by atoms with Crippen LogP contribution in [0, 0.1) is 6.92 Å². The molecule has 1 heterocycles. The average molecular weight is 271 g/mol. The Labute approximate surface area is 119 Å². The van der Waals surface area contributed by atoms with Crippen LogP contribution >= 0.6 is 12.2 Å². The molecule has 2 rings (SSSR count). The summed E-state index contributed by atoms with van der Waals surface area (Å²) >= 11 is 5.31. The van der Waals surface area contributed by atoms with E-state index in [2.05, 4.69) is 28.6 Å². The van der Waals surface area contributed by atoms with Crippen molar-refractivity contribution in [3.05, 3.63) is 53.7 Å². The lowest BCUT2D eigenvalue weighted by atomic mass is 10.1. The van der Waals surface area contributed by atoms with Crippen molar-refractivity contribution in [1.29, 1.82) is 0 Å².